The average Bonchev–Trinajstić information content (AvgIpc) is 3.11. The van der Waals surface area contributed by atoms with Gasteiger partial charge < -0.3 is 4.74 Å². The third kappa shape index (κ3) is 3.04. The standard InChI is InChI=1S/C19H13BrN2O3S/c1-11(23)22-16-8-13(5-6-17(16)25-9-18(22)24)19-21-15(10-26-19)12-3-2-4-14(20)7-12/h2-8,10H,9H2,1H3. The lowest BCUT2D eigenvalue weighted by Crippen LogP contribution is -2.41. The zero-order valence-electron chi connectivity index (χ0n) is 13.7. The van der Waals surface area contributed by atoms with Crippen molar-refractivity contribution in [1.82, 2.24) is 4.98 Å². The second-order valence-electron chi connectivity index (χ2n) is 5.77. The Balaban J connectivity index is 1.74. The Kier molecular flexibility index (Phi) is 4.34. The number of hydrogen-bond donors (Lipinski definition) is 0. The van der Waals surface area contributed by atoms with Gasteiger partial charge >= 0.3 is 0 Å². The maximum atomic E-state index is 12.0. The molecule has 0 fully saturated rings. The minimum atomic E-state index is -0.365. The topological polar surface area (TPSA) is 59.5 Å². The molecule has 2 aromatic carbocycles. The molecule has 0 saturated carbocycles. The van der Waals surface area contributed by atoms with Crippen LogP contribution in [0.5, 0.6) is 5.75 Å². The molecule has 5 nitrogen and oxygen atoms in total. The fourth-order valence-corrected chi connectivity index (χ4v) is 4.04. The van der Waals surface area contributed by atoms with Crippen molar-refractivity contribution in [3.05, 3.63) is 52.3 Å². The summed E-state index contributed by atoms with van der Waals surface area (Å²) in [5.74, 6) is -0.172. The Labute approximate surface area is 162 Å². The first kappa shape index (κ1) is 16.9. The molecule has 4 rings (SSSR count). The first-order valence-corrected chi connectivity index (χ1v) is 9.52. The van der Waals surface area contributed by atoms with Gasteiger partial charge in [0.05, 0.1) is 11.4 Å². The Bertz CT molecular complexity index is 1030. The van der Waals surface area contributed by atoms with Crippen LogP contribution in [0.2, 0.25) is 0 Å². The normalized spacial score (nSPS) is 13.3. The number of anilines is 1. The highest BCUT2D eigenvalue weighted by Crippen LogP contribution is 2.38. The van der Waals surface area contributed by atoms with Crippen molar-refractivity contribution in [2.75, 3.05) is 11.5 Å². The van der Waals surface area contributed by atoms with Gasteiger partial charge in [0.15, 0.2) is 6.61 Å². The van der Waals surface area contributed by atoms with Crippen LogP contribution in [0, 0.1) is 0 Å². The Morgan fingerprint density at radius 1 is 1.23 bits per heavy atom. The van der Waals surface area contributed by atoms with Gasteiger partial charge in [0.25, 0.3) is 5.91 Å². The molecule has 0 atom stereocenters. The second-order valence-corrected chi connectivity index (χ2v) is 7.54. The number of carbonyl (C=O) groups excluding carboxylic acids is 2. The number of aromatic nitrogens is 1. The van der Waals surface area contributed by atoms with E-state index in [9.17, 15) is 9.59 Å². The maximum Gasteiger partial charge on any atom is 0.271 e. The minimum Gasteiger partial charge on any atom is -0.482 e. The number of nitrogens with zero attached hydrogens (tertiary/aromatic N) is 2. The summed E-state index contributed by atoms with van der Waals surface area (Å²) in [5, 5.41) is 2.80. The van der Waals surface area contributed by atoms with Crippen molar-refractivity contribution in [2.24, 2.45) is 0 Å². The SMILES string of the molecule is CC(=O)N1C(=O)COc2ccc(-c3nc(-c4cccc(Br)c4)cs3)cc21. The molecule has 1 aromatic heterocycles. The van der Waals surface area contributed by atoms with Crippen LogP contribution in [0.25, 0.3) is 21.8 Å². The van der Waals surface area contributed by atoms with Gasteiger partial charge in [-0.15, -0.1) is 11.3 Å². The molecule has 0 saturated heterocycles. The van der Waals surface area contributed by atoms with Crippen molar-refractivity contribution in [2.45, 2.75) is 6.92 Å². The van der Waals surface area contributed by atoms with Gasteiger partial charge in [0.1, 0.15) is 10.8 Å². The Morgan fingerprint density at radius 2 is 2.08 bits per heavy atom. The van der Waals surface area contributed by atoms with E-state index in [1.54, 1.807) is 12.1 Å². The van der Waals surface area contributed by atoms with Crippen molar-refractivity contribution >= 4 is 44.8 Å². The van der Waals surface area contributed by atoms with E-state index in [4.69, 9.17) is 9.72 Å². The fraction of sp³-hybridized carbons (Fsp3) is 0.105. The van der Waals surface area contributed by atoms with Crippen LogP contribution in [0.1, 0.15) is 6.92 Å². The molecule has 1 aliphatic rings. The molecule has 2 amide bonds. The largest absolute Gasteiger partial charge is 0.482 e. The summed E-state index contributed by atoms with van der Waals surface area (Å²) >= 11 is 4.98. The predicted molar refractivity (Wildman–Crippen MR) is 104 cm³/mol. The van der Waals surface area contributed by atoms with Gasteiger partial charge in [0, 0.05) is 27.9 Å². The van der Waals surface area contributed by atoms with E-state index in [0.29, 0.717) is 11.4 Å². The molecule has 26 heavy (non-hydrogen) atoms. The molecule has 0 N–H and O–H groups in total. The quantitative estimate of drug-likeness (QED) is 0.602. The zero-order chi connectivity index (χ0) is 18.3. The number of imide groups is 1. The van der Waals surface area contributed by atoms with Crippen LogP contribution in [0.3, 0.4) is 0 Å². The number of rotatable bonds is 2. The highest BCUT2D eigenvalue weighted by atomic mass is 79.9. The van der Waals surface area contributed by atoms with Gasteiger partial charge in [-0.2, -0.15) is 0 Å². The van der Waals surface area contributed by atoms with Crippen molar-refractivity contribution in [3.8, 4) is 27.6 Å². The third-order valence-electron chi connectivity index (χ3n) is 3.99. The van der Waals surface area contributed by atoms with Crippen LogP contribution >= 0.6 is 27.3 Å². The van der Waals surface area contributed by atoms with E-state index in [1.807, 2.05) is 35.7 Å². The van der Waals surface area contributed by atoms with Crippen LogP contribution in [-0.2, 0) is 9.59 Å². The van der Waals surface area contributed by atoms with Crippen LogP contribution in [0.4, 0.5) is 5.69 Å². The number of hydrogen-bond acceptors (Lipinski definition) is 5. The summed E-state index contributed by atoms with van der Waals surface area (Å²) in [6, 6.07) is 13.4. The minimum absolute atomic E-state index is 0.129. The molecule has 2 heterocycles. The third-order valence-corrected chi connectivity index (χ3v) is 5.37. The van der Waals surface area contributed by atoms with Gasteiger partial charge in [-0.25, -0.2) is 9.88 Å². The summed E-state index contributed by atoms with van der Waals surface area (Å²) in [6.07, 6.45) is 0. The lowest BCUT2D eigenvalue weighted by atomic mass is 10.1. The smallest absolute Gasteiger partial charge is 0.271 e. The van der Waals surface area contributed by atoms with Crippen LogP contribution in [0.15, 0.2) is 52.3 Å². The van der Waals surface area contributed by atoms with E-state index >= 15 is 0 Å². The van der Waals surface area contributed by atoms with Crippen molar-refractivity contribution in [3.63, 3.8) is 0 Å². The Hall–Kier alpha value is -2.51. The predicted octanol–water partition coefficient (Wildman–Crippen LogP) is 4.51. The highest BCUT2D eigenvalue weighted by molar-refractivity contribution is 9.10. The molecule has 130 valence electrons. The lowest BCUT2D eigenvalue weighted by Gasteiger charge is -2.27. The lowest BCUT2D eigenvalue weighted by molar-refractivity contribution is -0.127. The number of amides is 2. The summed E-state index contributed by atoms with van der Waals surface area (Å²) < 4.78 is 6.42. The van der Waals surface area contributed by atoms with Crippen molar-refractivity contribution < 1.29 is 14.3 Å². The van der Waals surface area contributed by atoms with Crippen LogP contribution in [-0.4, -0.2) is 23.4 Å². The van der Waals surface area contributed by atoms with Gasteiger partial charge in [-0.3, -0.25) is 9.59 Å². The molecule has 7 heteroatoms. The number of fused-ring (bicyclic) bond motifs is 1. The molecule has 0 radical (unpaired) electrons. The van der Waals surface area contributed by atoms with Gasteiger partial charge in [-0.05, 0) is 30.3 Å². The first-order valence-electron chi connectivity index (χ1n) is 7.85. The van der Waals surface area contributed by atoms with Crippen molar-refractivity contribution in [1.29, 1.82) is 0 Å². The maximum absolute atomic E-state index is 12.0. The highest BCUT2D eigenvalue weighted by Gasteiger charge is 2.29. The number of carbonyl (C=O) groups is 2. The number of benzene rings is 2. The molecule has 1 aliphatic heterocycles. The number of halogens is 1. The molecule has 0 bridgehead atoms. The summed E-state index contributed by atoms with van der Waals surface area (Å²) in [6.45, 7) is 1.24. The molecular weight excluding hydrogens is 416 g/mol. The Morgan fingerprint density at radius 3 is 2.85 bits per heavy atom. The molecular formula is C19H13BrN2O3S. The molecule has 0 spiro atoms. The van der Waals surface area contributed by atoms with Gasteiger partial charge in [-0.1, -0.05) is 28.1 Å². The summed E-state index contributed by atoms with van der Waals surface area (Å²) in [4.78, 5) is 29.8. The monoisotopic (exact) mass is 428 g/mol. The second kappa shape index (κ2) is 6.66. The fourth-order valence-electron chi connectivity index (χ4n) is 2.82. The number of ether oxygens (including phenoxy) is 1. The molecule has 0 unspecified atom stereocenters. The molecule has 0 aliphatic carbocycles. The van der Waals surface area contributed by atoms with E-state index in [2.05, 4.69) is 15.9 Å². The van der Waals surface area contributed by atoms with E-state index in [0.717, 1.165) is 31.2 Å². The zero-order valence-corrected chi connectivity index (χ0v) is 16.1. The van der Waals surface area contributed by atoms with E-state index in [1.165, 1.54) is 18.3 Å². The first-order chi connectivity index (χ1) is 12.5. The van der Waals surface area contributed by atoms with E-state index in [-0.39, 0.29) is 18.4 Å². The summed E-state index contributed by atoms with van der Waals surface area (Å²) in [5.41, 5.74) is 3.19. The van der Waals surface area contributed by atoms with Gasteiger partial charge in [0.2, 0.25) is 5.91 Å². The van der Waals surface area contributed by atoms with Crippen LogP contribution < -0.4 is 9.64 Å². The van der Waals surface area contributed by atoms with E-state index < -0.39 is 0 Å². The molecule has 3 aromatic rings. The number of thiazole rings is 1. The summed E-state index contributed by atoms with van der Waals surface area (Å²) in [7, 11) is 0. The average molecular weight is 429 g/mol.